The number of rotatable bonds is 3. The number of hydrogen-bond donors (Lipinski definition) is 0. The van der Waals surface area contributed by atoms with E-state index in [1.807, 2.05) is 18.2 Å². The summed E-state index contributed by atoms with van der Waals surface area (Å²) in [7, 11) is 1.61. The second-order valence-corrected chi connectivity index (χ2v) is 6.10. The van der Waals surface area contributed by atoms with Gasteiger partial charge < -0.3 is 4.74 Å². The maximum atomic E-state index is 13.1. The van der Waals surface area contributed by atoms with Crippen LogP contribution in [0.15, 0.2) is 40.9 Å². The minimum Gasteiger partial charge on any atom is -0.496 e. The normalized spacial score (nSPS) is 12.3. The molecule has 0 aliphatic carbocycles. The highest BCUT2D eigenvalue weighted by molar-refractivity contribution is 9.10. The van der Waals surface area contributed by atoms with Crippen molar-refractivity contribution in [1.29, 1.82) is 0 Å². The summed E-state index contributed by atoms with van der Waals surface area (Å²) >= 11 is 13.1. The molecule has 0 spiro atoms. The molecule has 0 N–H and O–H groups in total. The molecule has 1 atom stereocenters. The van der Waals surface area contributed by atoms with E-state index in [0.717, 1.165) is 21.3 Å². The molecule has 1 nitrogen and oxygen atoms in total. The van der Waals surface area contributed by atoms with Crippen molar-refractivity contribution in [3.8, 4) is 5.75 Å². The van der Waals surface area contributed by atoms with Gasteiger partial charge in [-0.15, -0.1) is 0 Å². The quantitative estimate of drug-likeness (QED) is 0.589. The highest BCUT2D eigenvalue weighted by Crippen LogP contribution is 2.38. The highest BCUT2D eigenvalue weighted by Gasteiger charge is 2.15. The Balaban J connectivity index is 2.38. The van der Waals surface area contributed by atoms with Gasteiger partial charge in [-0.1, -0.05) is 39.7 Å². The third-order valence-electron chi connectivity index (χ3n) is 2.70. The maximum Gasteiger partial charge on any atom is 0.133 e. The van der Waals surface area contributed by atoms with Crippen molar-refractivity contribution in [1.82, 2.24) is 0 Å². The Bertz CT molecular complexity index is 604. The SMILES string of the molecule is COc1ccc(C(Br)c2ccc(F)cc2Cl)cc1Br. The van der Waals surface area contributed by atoms with Crippen LogP contribution in [-0.2, 0) is 0 Å². The molecule has 2 rings (SSSR count). The zero-order valence-electron chi connectivity index (χ0n) is 9.96. The summed E-state index contributed by atoms with van der Waals surface area (Å²) in [6, 6.07) is 10.1. The molecule has 19 heavy (non-hydrogen) atoms. The lowest BCUT2D eigenvalue weighted by Gasteiger charge is -2.14. The van der Waals surface area contributed by atoms with Gasteiger partial charge in [-0.05, 0) is 51.3 Å². The first-order valence-corrected chi connectivity index (χ1v) is 7.54. The fourth-order valence-corrected chi connectivity index (χ4v) is 3.38. The molecule has 2 aromatic carbocycles. The Labute approximate surface area is 133 Å². The second kappa shape index (κ2) is 6.25. The number of benzene rings is 2. The lowest BCUT2D eigenvalue weighted by molar-refractivity contribution is 0.412. The lowest BCUT2D eigenvalue weighted by atomic mass is 10.0. The van der Waals surface area contributed by atoms with Gasteiger partial charge in [0.2, 0.25) is 0 Å². The van der Waals surface area contributed by atoms with E-state index in [0.29, 0.717) is 5.02 Å². The standard InChI is InChI=1S/C14H10Br2ClFO/c1-19-13-5-2-8(6-11(13)15)14(16)10-4-3-9(18)7-12(10)17/h2-7,14H,1H3. The number of methoxy groups -OCH3 is 1. The van der Waals surface area contributed by atoms with E-state index in [1.165, 1.54) is 12.1 Å². The van der Waals surface area contributed by atoms with Crippen LogP contribution in [0.3, 0.4) is 0 Å². The first-order valence-electron chi connectivity index (χ1n) is 5.45. The molecule has 0 aliphatic heterocycles. The van der Waals surface area contributed by atoms with Gasteiger partial charge >= 0.3 is 0 Å². The summed E-state index contributed by atoms with van der Waals surface area (Å²) in [5.74, 6) is 0.415. The van der Waals surface area contributed by atoms with Crippen molar-refractivity contribution in [2.24, 2.45) is 0 Å². The first kappa shape index (κ1) is 14.8. The summed E-state index contributed by atoms with van der Waals surface area (Å²) in [5, 5.41) is 0.397. The van der Waals surface area contributed by atoms with E-state index >= 15 is 0 Å². The summed E-state index contributed by atoms with van der Waals surface area (Å²) < 4.78 is 19.1. The average Bonchev–Trinajstić information content (AvgIpc) is 2.38. The Kier molecular flexibility index (Phi) is 4.87. The molecule has 0 amide bonds. The molecule has 0 heterocycles. The highest BCUT2D eigenvalue weighted by atomic mass is 79.9. The van der Waals surface area contributed by atoms with Crippen molar-refractivity contribution < 1.29 is 9.13 Å². The maximum absolute atomic E-state index is 13.1. The fourth-order valence-electron chi connectivity index (χ4n) is 1.73. The molecule has 2 aromatic rings. The predicted octanol–water partition coefficient (Wildman–Crippen LogP) is 5.73. The Morgan fingerprint density at radius 2 is 1.95 bits per heavy atom. The third-order valence-corrected chi connectivity index (χ3v) is 4.67. The van der Waals surface area contributed by atoms with Crippen molar-refractivity contribution in [3.05, 3.63) is 62.8 Å². The lowest BCUT2D eigenvalue weighted by Crippen LogP contribution is -1.95. The number of alkyl halides is 1. The number of hydrogen-bond acceptors (Lipinski definition) is 1. The van der Waals surface area contributed by atoms with Gasteiger partial charge in [-0.25, -0.2) is 4.39 Å². The molecule has 0 bridgehead atoms. The topological polar surface area (TPSA) is 9.23 Å². The molecule has 100 valence electrons. The summed E-state index contributed by atoms with van der Waals surface area (Å²) in [6.07, 6.45) is 0. The van der Waals surface area contributed by atoms with E-state index in [4.69, 9.17) is 16.3 Å². The average molecular weight is 408 g/mol. The van der Waals surface area contributed by atoms with Gasteiger partial charge in [0.1, 0.15) is 11.6 Å². The number of ether oxygens (including phenoxy) is 1. The molecular formula is C14H10Br2ClFO. The van der Waals surface area contributed by atoms with E-state index < -0.39 is 0 Å². The summed E-state index contributed by atoms with van der Waals surface area (Å²) in [6.45, 7) is 0. The van der Waals surface area contributed by atoms with Crippen LogP contribution in [0.25, 0.3) is 0 Å². The second-order valence-electron chi connectivity index (χ2n) is 3.92. The van der Waals surface area contributed by atoms with Gasteiger partial charge in [0.15, 0.2) is 0 Å². The van der Waals surface area contributed by atoms with Crippen LogP contribution in [0.4, 0.5) is 4.39 Å². The molecule has 0 fully saturated rings. The van der Waals surface area contributed by atoms with Crippen LogP contribution in [-0.4, -0.2) is 7.11 Å². The van der Waals surface area contributed by atoms with E-state index in [2.05, 4.69) is 31.9 Å². The molecule has 0 aromatic heterocycles. The largest absolute Gasteiger partial charge is 0.496 e. The molecule has 0 saturated carbocycles. The van der Waals surface area contributed by atoms with Crippen LogP contribution >= 0.6 is 43.5 Å². The van der Waals surface area contributed by atoms with E-state index in [1.54, 1.807) is 13.2 Å². The molecule has 0 saturated heterocycles. The van der Waals surface area contributed by atoms with Crippen molar-refractivity contribution in [2.75, 3.05) is 7.11 Å². The molecular weight excluding hydrogens is 398 g/mol. The Morgan fingerprint density at radius 1 is 1.21 bits per heavy atom. The predicted molar refractivity (Wildman–Crippen MR) is 82.9 cm³/mol. The van der Waals surface area contributed by atoms with Crippen LogP contribution in [0.5, 0.6) is 5.75 Å². The van der Waals surface area contributed by atoms with Crippen molar-refractivity contribution in [3.63, 3.8) is 0 Å². The van der Waals surface area contributed by atoms with Gasteiger partial charge in [0.25, 0.3) is 0 Å². The van der Waals surface area contributed by atoms with Gasteiger partial charge in [-0.2, -0.15) is 0 Å². The summed E-state index contributed by atoms with van der Waals surface area (Å²) in [4.78, 5) is -0.109. The van der Waals surface area contributed by atoms with E-state index in [9.17, 15) is 4.39 Å². The van der Waals surface area contributed by atoms with Crippen LogP contribution in [0.1, 0.15) is 16.0 Å². The van der Waals surface area contributed by atoms with Crippen LogP contribution in [0.2, 0.25) is 5.02 Å². The van der Waals surface area contributed by atoms with Crippen LogP contribution < -0.4 is 4.74 Å². The van der Waals surface area contributed by atoms with E-state index in [-0.39, 0.29) is 10.6 Å². The van der Waals surface area contributed by atoms with Gasteiger partial charge in [-0.3, -0.25) is 0 Å². The molecule has 0 aliphatic rings. The van der Waals surface area contributed by atoms with Gasteiger partial charge in [0.05, 0.1) is 16.4 Å². The van der Waals surface area contributed by atoms with Crippen molar-refractivity contribution in [2.45, 2.75) is 4.83 Å². The zero-order valence-corrected chi connectivity index (χ0v) is 13.9. The Hall–Kier alpha value is -0.580. The summed E-state index contributed by atoms with van der Waals surface area (Å²) in [5.41, 5.74) is 1.82. The monoisotopic (exact) mass is 406 g/mol. The molecule has 1 unspecified atom stereocenters. The molecule has 5 heteroatoms. The minimum absolute atomic E-state index is 0.109. The Morgan fingerprint density at radius 3 is 2.53 bits per heavy atom. The number of halogens is 4. The molecule has 0 radical (unpaired) electrons. The van der Waals surface area contributed by atoms with Crippen LogP contribution in [0, 0.1) is 5.82 Å². The minimum atomic E-state index is -0.343. The fraction of sp³-hybridized carbons (Fsp3) is 0.143. The zero-order chi connectivity index (χ0) is 14.0. The van der Waals surface area contributed by atoms with Gasteiger partial charge in [0, 0.05) is 5.02 Å². The smallest absolute Gasteiger partial charge is 0.133 e. The third kappa shape index (κ3) is 3.30. The van der Waals surface area contributed by atoms with Crippen molar-refractivity contribution >= 4 is 43.5 Å². The first-order chi connectivity index (χ1) is 9.02.